The zero-order chi connectivity index (χ0) is 25.7. The molecule has 0 unspecified atom stereocenters. The molecule has 0 radical (unpaired) electrons. The van der Waals surface area contributed by atoms with Crippen molar-refractivity contribution in [3.8, 4) is 33.4 Å². The Morgan fingerprint density at radius 2 is 0.595 bits per heavy atom. The molecular weight excluding hydrogens is 446 g/mol. The standard InChI is InChI=1S/C36H27N/c1-4-10-28(11-5-1)31-16-22-34(23-17-31)37(35-24-18-32(19-25-35)29-12-6-2-7-13-29)36-26-20-33(21-27-36)30-14-8-3-9-15-30/h1-27H/i4T. The maximum absolute atomic E-state index is 7.97. The molecule has 0 saturated carbocycles. The minimum atomic E-state index is 0.519. The normalized spacial score (nSPS) is 11.1. The van der Waals surface area contributed by atoms with E-state index in [0.29, 0.717) is 6.04 Å². The predicted molar refractivity (Wildman–Crippen MR) is 157 cm³/mol. The SMILES string of the molecule is [3H]c1cccc(-c2ccc(N(c3ccc(-c4ccccc4)cc3)c3ccc(-c4ccccc4)cc3)cc2)c1. The lowest BCUT2D eigenvalue weighted by Crippen LogP contribution is -2.09. The van der Waals surface area contributed by atoms with Crippen molar-refractivity contribution in [2.45, 2.75) is 0 Å². The van der Waals surface area contributed by atoms with Crippen molar-refractivity contribution in [2.24, 2.45) is 0 Å². The molecule has 6 aromatic carbocycles. The molecule has 0 fully saturated rings. The fourth-order valence-electron chi connectivity index (χ4n) is 4.69. The molecule has 37 heavy (non-hydrogen) atoms. The van der Waals surface area contributed by atoms with Crippen molar-refractivity contribution in [1.82, 2.24) is 0 Å². The molecule has 1 nitrogen and oxygen atoms in total. The van der Waals surface area contributed by atoms with E-state index >= 15 is 0 Å². The third-order valence-electron chi connectivity index (χ3n) is 6.63. The van der Waals surface area contributed by atoms with Gasteiger partial charge in [0.1, 0.15) is 0 Å². The largest absolute Gasteiger partial charge is 0.311 e. The summed E-state index contributed by atoms with van der Waals surface area (Å²) < 4.78 is 7.97. The minimum absolute atomic E-state index is 0.519. The van der Waals surface area contributed by atoms with Crippen LogP contribution >= 0.6 is 0 Å². The molecule has 176 valence electrons. The van der Waals surface area contributed by atoms with E-state index in [9.17, 15) is 0 Å². The van der Waals surface area contributed by atoms with Crippen LogP contribution in [0.5, 0.6) is 0 Å². The highest BCUT2D eigenvalue weighted by Gasteiger charge is 2.13. The first-order valence-corrected chi connectivity index (χ1v) is 12.5. The summed E-state index contributed by atoms with van der Waals surface area (Å²) in [6.07, 6.45) is 0. The molecule has 0 spiro atoms. The van der Waals surface area contributed by atoms with Gasteiger partial charge in [-0.1, -0.05) is 127 Å². The van der Waals surface area contributed by atoms with E-state index in [-0.39, 0.29) is 0 Å². The molecule has 0 aliphatic heterocycles. The van der Waals surface area contributed by atoms with Crippen LogP contribution < -0.4 is 4.90 Å². The molecule has 0 bridgehead atoms. The highest BCUT2D eigenvalue weighted by Crippen LogP contribution is 2.37. The van der Waals surface area contributed by atoms with Gasteiger partial charge in [-0.2, -0.15) is 0 Å². The Hall–Kier alpha value is -4.88. The van der Waals surface area contributed by atoms with Crippen molar-refractivity contribution in [1.29, 1.82) is 0 Å². The van der Waals surface area contributed by atoms with Crippen LogP contribution in [-0.4, -0.2) is 0 Å². The average molecular weight is 476 g/mol. The lowest BCUT2D eigenvalue weighted by atomic mass is 10.0. The topological polar surface area (TPSA) is 3.24 Å². The summed E-state index contributed by atoms with van der Waals surface area (Å²) in [5.41, 5.74) is 10.2. The fourth-order valence-corrected chi connectivity index (χ4v) is 4.69. The van der Waals surface area contributed by atoms with Gasteiger partial charge in [0.2, 0.25) is 0 Å². The first-order valence-electron chi connectivity index (χ1n) is 13.0. The van der Waals surface area contributed by atoms with Gasteiger partial charge in [-0.3, -0.25) is 0 Å². The van der Waals surface area contributed by atoms with Crippen LogP contribution in [0, 0.1) is 0 Å². The first-order chi connectivity index (χ1) is 18.7. The lowest BCUT2D eigenvalue weighted by molar-refractivity contribution is 1.28. The molecule has 1 heteroatoms. The van der Waals surface area contributed by atoms with Crippen molar-refractivity contribution < 1.29 is 1.37 Å². The molecule has 0 heterocycles. The van der Waals surface area contributed by atoms with Gasteiger partial charge in [-0.05, 0) is 69.8 Å². The Labute approximate surface area is 220 Å². The van der Waals surface area contributed by atoms with E-state index in [2.05, 4.69) is 132 Å². The van der Waals surface area contributed by atoms with E-state index in [1.54, 1.807) is 6.07 Å². The van der Waals surface area contributed by atoms with Crippen LogP contribution in [-0.2, 0) is 0 Å². The van der Waals surface area contributed by atoms with Gasteiger partial charge in [0, 0.05) is 17.1 Å². The molecule has 6 rings (SSSR count). The van der Waals surface area contributed by atoms with Crippen LogP contribution in [0.15, 0.2) is 164 Å². The van der Waals surface area contributed by atoms with Crippen molar-refractivity contribution in [2.75, 3.05) is 4.90 Å². The van der Waals surface area contributed by atoms with Gasteiger partial charge in [-0.25, -0.2) is 0 Å². The number of benzene rings is 6. The Bertz CT molecular complexity index is 1540. The monoisotopic (exact) mass is 475 g/mol. The molecule has 0 aromatic heterocycles. The zero-order valence-electron chi connectivity index (χ0n) is 21.5. The summed E-state index contributed by atoms with van der Waals surface area (Å²) in [6.45, 7) is 0. The van der Waals surface area contributed by atoms with Gasteiger partial charge >= 0.3 is 0 Å². The predicted octanol–water partition coefficient (Wildman–Crippen LogP) is 10.2. The number of hydrogen-bond acceptors (Lipinski definition) is 1. The van der Waals surface area contributed by atoms with E-state index in [0.717, 1.165) is 28.2 Å². The summed E-state index contributed by atoms with van der Waals surface area (Å²) in [4.78, 5) is 2.29. The van der Waals surface area contributed by atoms with Crippen molar-refractivity contribution >= 4 is 17.1 Å². The lowest BCUT2D eigenvalue weighted by Gasteiger charge is -2.26. The summed E-state index contributed by atoms with van der Waals surface area (Å²) in [5.74, 6) is 0. The number of hydrogen-bond donors (Lipinski definition) is 0. The minimum Gasteiger partial charge on any atom is -0.311 e. The second-order valence-electron chi connectivity index (χ2n) is 9.00. The van der Waals surface area contributed by atoms with Crippen LogP contribution in [0.2, 0.25) is 0 Å². The van der Waals surface area contributed by atoms with E-state index in [1.165, 1.54) is 22.3 Å². The molecule has 0 aliphatic rings. The van der Waals surface area contributed by atoms with Crippen LogP contribution in [0.3, 0.4) is 0 Å². The van der Waals surface area contributed by atoms with Gasteiger partial charge in [0.25, 0.3) is 0 Å². The summed E-state index contributed by atoms with van der Waals surface area (Å²) in [6, 6.07) is 55.2. The van der Waals surface area contributed by atoms with Gasteiger partial charge in [0.05, 0.1) is 1.37 Å². The average Bonchev–Trinajstić information content (AvgIpc) is 2.99. The molecule has 0 saturated heterocycles. The Morgan fingerprint density at radius 1 is 0.297 bits per heavy atom. The third-order valence-corrected chi connectivity index (χ3v) is 6.63. The van der Waals surface area contributed by atoms with E-state index in [1.807, 2.05) is 24.3 Å². The summed E-state index contributed by atoms with van der Waals surface area (Å²) >= 11 is 0. The molecule has 0 amide bonds. The summed E-state index contributed by atoms with van der Waals surface area (Å²) in [5, 5.41) is 0. The van der Waals surface area contributed by atoms with E-state index < -0.39 is 0 Å². The van der Waals surface area contributed by atoms with Gasteiger partial charge < -0.3 is 4.90 Å². The smallest absolute Gasteiger partial charge is 0.0623 e. The highest BCUT2D eigenvalue weighted by atomic mass is 15.1. The molecule has 0 atom stereocenters. The number of anilines is 3. The van der Waals surface area contributed by atoms with Crippen molar-refractivity contribution in [3.63, 3.8) is 0 Å². The quantitative estimate of drug-likeness (QED) is 0.232. The third kappa shape index (κ3) is 4.94. The molecule has 0 N–H and O–H groups in total. The first kappa shape index (κ1) is 21.4. The maximum atomic E-state index is 7.97. The molecule has 6 aromatic rings. The van der Waals surface area contributed by atoms with Crippen LogP contribution in [0.1, 0.15) is 1.37 Å². The van der Waals surface area contributed by atoms with E-state index in [4.69, 9.17) is 1.37 Å². The van der Waals surface area contributed by atoms with Crippen LogP contribution in [0.25, 0.3) is 33.4 Å². The van der Waals surface area contributed by atoms with Gasteiger partial charge in [-0.15, -0.1) is 0 Å². The van der Waals surface area contributed by atoms with Gasteiger partial charge in [0.15, 0.2) is 0 Å². The fraction of sp³-hybridized carbons (Fsp3) is 0. The Morgan fingerprint density at radius 3 is 0.946 bits per heavy atom. The number of nitrogens with zero attached hydrogens (tertiary/aromatic N) is 1. The molecular formula is C36H27N. The number of rotatable bonds is 6. The maximum Gasteiger partial charge on any atom is 0.0623 e. The second-order valence-corrected chi connectivity index (χ2v) is 9.00. The highest BCUT2D eigenvalue weighted by molar-refractivity contribution is 5.81. The van der Waals surface area contributed by atoms with Crippen molar-refractivity contribution in [3.05, 3.63) is 164 Å². The second kappa shape index (κ2) is 10.4. The molecule has 0 aliphatic carbocycles. The Kier molecular flexibility index (Phi) is 6.01. The van der Waals surface area contributed by atoms with Crippen LogP contribution in [0.4, 0.5) is 17.1 Å². The summed E-state index contributed by atoms with van der Waals surface area (Å²) in [7, 11) is 0. The zero-order valence-corrected chi connectivity index (χ0v) is 20.5. The Balaban J connectivity index is 1.38.